The van der Waals surface area contributed by atoms with Crippen LogP contribution >= 0.6 is 0 Å². The molecule has 4 heteroatoms. The van der Waals surface area contributed by atoms with Crippen LogP contribution in [0.1, 0.15) is 41.6 Å². The van der Waals surface area contributed by atoms with Gasteiger partial charge in [-0.15, -0.1) is 0 Å². The van der Waals surface area contributed by atoms with Crippen LogP contribution in [-0.4, -0.2) is 35.1 Å². The molecule has 4 nitrogen and oxygen atoms in total. The van der Waals surface area contributed by atoms with E-state index in [1.807, 2.05) is 54.6 Å². The molecule has 2 aromatic rings. The van der Waals surface area contributed by atoms with E-state index in [9.17, 15) is 9.90 Å². The summed E-state index contributed by atoms with van der Waals surface area (Å²) < 4.78 is 5.80. The molecule has 1 fully saturated rings. The Hall–Kier alpha value is -2.33. The number of aliphatic hydroxyl groups is 1. The van der Waals surface area contributed by atoms with Crippen LogP contribution in [0.5, 0.6) is 5.75 Å². The van der Waals surface area contributed by atoms with Gasteiger partial charge in [0.25, 0.3) is 5.91 Å². The average Bonchev–Trinajstić information content (AvgIpc) is 3.06. The molecule has 132 valence electrons. The predicted octanol–water partition coefficient (Wildman–Crippen LogP) is 3.64. The Labute approximate surface area is 149 Å². The lowest BCUT2D eigenvalue weighted by Crippen LogP contribution is -2.42. The Morgan fingerprint density at radius 3 is 2.44 bits per heavy atom. The fourth-order valence-electron chi connectivity index (χ4n) is 3.44. The van der Waals surface area contributed by atoms with E-state index < -0.39 is 5.60 Å². The minimum atomic E-state index is -0.736. The highest BCUT2D eigenvalue weighted by Crippen LogP contribution is 2.30. The molecular formula is C21H25NO3. The summed E-state index contributed by atoms with van der Waals surface area (Å²) in [5.74, 6) is 0.700. The average molecular weight is 339 g/mol. The first-order valence-electron chi connectivity index (χ1n) is 8.81. The Balaban J connectivity index is 1.69. The molecule has 1 saturated carbocycles. The number of benzene rings is 2. The van der Waals surface area contributed by atoms with Crippen molar-refractivity contribution in [2.24, 2.45) is 0 Å². The minimum absolute atomic E-state index is 0.0763. The number of amides is 1. The van der Waals surface area contributed by atoms with Crippen LogP contribution < -0.4 is 4.74 Å². The van der Waals surface area contributed by atoms with Gasteiger partial charge in [-0.2, -0.15) is 0 Å². The number of hydrogen-bond donors (Lipinski definition) is 1. The number of hydrogen-bond acceptors (Lipinski definition) is 3. The van der Waals surface area contributed by atoms with Crippen molar-refractivity contribution in [2.75, 3.05) is 13.6 Å². The Kier molecular flexibility index (Phi) is 5.39. The second kappa shape index (κ2) is 7.70. The van der Waals surface area contributed by atoms with Crippen molar-refractivity contribution in [1.82, 2.24) is 4.90 Å². The standard InChI is InChI=1S/C21H25NO3/c1-22(16-21(24)13-7-8-14-21)20(23)19-12-6-5-9-17(19)15-25-18-10-3-2-4-11-18/h2-6,9-12,24H,7-8,13-16H2,1H3. The molecule has 0 saturated heterocycles. The predicted molar refractivity (Wildman–Crippen MR) is 97.6 cm³/mol. The van der Waals surface area contributed by atoms with Gasteiger partial charge in [0, 0.05) is 24.7 Å². The Morgan fingerprint density at radius 2 is 1.72 bits per heavy atom. The van der Waals surface area contributed by atoms with Crippen LogP contribution in [0.15, 0.2) is 54.6 Å². The molecule has 0 atom stereocenters. The molecule has 0 aromatic heterocycles. The largest absolute Gasteiger partial charge is 0.489 e. The number of nitrogens with zero attached hydrogens (tertiary/aromatic N) is 1. The first-order chi connectivity index (χ1) is 12.1. The van der Waals surface area contributed by atoms with Gasteiger partial charge in [-0.05, 0) is 31.0 Å². The molecule has 1 N–H and O–H groups in total. The van der Waals surface area contributed by atoms with Crippen molar-refractivity contribution in [1.29, 1.82) is 0 Å². The summed E-state index contributed by atoms with van der Waals surface area (Å²) in [6.07, 6.45) is 3.59. The van der Waals surface area contributed by atoms with Gasteiger partial charge in [-0.3, -0.25) is 4.79 Å². The summed E-state index contributed by atoms with van der Waals surface area (Å²) in [5.41, 5.74) is 0.740. The molecule has 25 heavy (non-hydrogen) atoms. The number of carbonyl (C=O) groups excluding carboxylic acids is 1. The van der Waals surface area contributed by atoms with Crippen molar-refractivity contribution < 1.29 is 14.6 Å². The van der Waals surface area contributed by atoms with E-state index in [2.05, 4.69) is 0 Å². The fourth-order valence-corrected chi connectivity index (χ4v) is 3.44. The van der Waals surface area contributed by atoms with Crippen molar-refractivity contribution in [3.8, 4) is 5.75 Å². The van der Waals surface area contributed by atoms with Gasteiger partial charge in [0.05, 0.1) is 5.60 Å². The summed E-state index contributed by atoms with van der Waals surface area (Å²) in [6, 6.07) is 17.1. The van der Waals surface area contributed by atoms with Gasteiger partial charge < -0.3 is 14.7 Å². The van der Waals surface area contributed by atoms with Crippen LogP contribution in [0.25, 0.3) is 0 Å². The van der Waals surface area contributed by atoms with Gasteiger partial charge in [-0.25, -0.2) is 0 Å². The third kappa shape index (κ3) is 4.40. The Morgan fingerprint density at radius 1 is 1.08 bits per heavy atom. The maximum absolute atomic E-state index is 12.9. The molecule has 0 spiro atoms. The number of para-hydroxylation sites is 1. The third-order valence-corrected chi connectivity index (χ3v) is 4.80. The third-order valence-electron chi connectivity index (χ3n) is 4.80. The molecule has 0 radical (unpaired) electrons. The smallest absolute Gasteiger partial charge is 0.254 e. The highest BCUT2D eigenvalue weighted by atomic mass is 16.5. The SMILES string of the molecule is CN(CC1(O)CCCC1)C(=O)c1ccccc1COc1ccccc1. The molecule has 0 heterocycles. The van der Waals surface area contributed by atoms with Gasteiger partial charge in [0.1, 0.15) is 12.4 Å². The van der Waals surface area contributed by atoms with Crippen LogP contribution in [0.2, 0.25) is 0 Å². The van der Waals surface area contributed by atoms with E-state index in [-0.39, 0.29) is 5.91 Å². The molecular weight excluding hydrogens is 314 g/mol. The van der Waals surface area contributed by atoms with E-state index in [0.717, 1.165) is 37.0 Å². The van der Waals surface area contributed by atoms with Gasteiger partial charge in [0.15, 0.2) is 0 Å². The second-order valence-electron chi connectivity index (χ2n) is 6.85. The Bertz CT molecular complexity index is 708. The van der Waals surface area contributed by atoms with Gasteiger partial charge in [-0.1, -0.05) is 49.2 Å². The first kappa shape index (κ1) is 17.5. The normalized spacial score (nSPS) is 15.8. The zero-order chi connectivity index (χ0) is 17.7. The summed E-state index contributed by atoms with van der Waals surface area (Å²) in [5, 5.41) is 10.6. The van der Waals surface area contributed by atoms with Crippen molar-refractivity contribution in [3.05, 3.63) is 65.7 Å². The van der Waals surface area contributed by atoms with Crippen LogP contribution in [-0.2, 0) is 6.61 Å². The maximum atomic E-state index is 12.9. The van der Waals surface area contributed by atoms with E-state index in [1.165, 1.54) is 0 Å². The summed E-state index contributed by atoms with van der Waals surface area (Å²) in [7, 11) is 1.76. The number of ether oxygens (including phenoxy) is 1. The van der Waals surface area contributed by atoms with Crippen LogP contribution in [0.3, 0.4) is 0 Å². The monoisotopic (exact) mass is 339 g/mol. The van der Waals surface area contributed by atoms with Gasteiger partial charge in [0.2, 0.25) is 0 Å². The highest BCUT2D eigenvalue weighted by molar-refractivity contribution is 5.95. The fraction of sp³-hybridized carbons (Fsp3) is 0.381. The summed E-state index contributed by atoms with van der Waals surface area (Å²) in [6.45, 7) is 0.712. The quantitative estimate of drug-likeness (QED) is 0.874. The minimum Gasteiger partial charge on any atom is -0.489 e. The van der Waals surface area contributed by atoms with Crippen molar-refractivity contribution >= 4 is 5.91 Å². The van der Waals surface area contributed by atoms with Crippen molar-refractivity contribution in [3.63, 3.8) is 0 Å². The molecule has 1 amide bonds. The maximum Gasteiger partial charge on any atom is 0.254 e. The highest BCUT2D eigenvalue weighted by Gasteiger charge is 2.33. The van der Waals surface area contributed by atoms with Crippen LogP contribution in [0.4, 0.5) is 0 Å². The lowest BCUT2D eigenvalue weighted by atomic mass is 10.0. The topological polar surface area (TPSA) is 49.8 Å². The molecule has 1 aliphatic rings. The number of carbonyl (C=O) groups is 1. The molecule has 1 aliphatic carbocycles. The zero-order valence-electron chi connectivity index (χ0n) is 14.6. The van der Waals surface area contributed by atoms with Gasteiger partial charge >= 0.3 is 0 Å². The van der Waals surface area contributed by atoms with E-state index >= 15 is 0 Å². The van der Waals surface area contributed by atoms with E-state index in [1.54, 1.807) is 11.9 Å². The molecule has 2 aromatic carbocycles. The number of rotatable bonds is 6. The lowest BCUT2D eigenvalue weighted by Gasteiger charge is -2.29. The molecule has 3 rings (SSSR count). The van der Waals surface area contributed by atoms with E-state index in [4.69, 9.17) is 4.74 Å². The summed E-state index contributed by atoms with van der Waals surface area (Å²) in [4.78, 5) is 14.5. The molecule has 0 unspecified atom stereocenters. The van der Waals surface area contributed by atoms with Crippen molar-refractivity contribution in [2.45, 2.75) is 37.9 Å². The van der Waals surface area contributed by atoms with Crippen LogP contribution in [0, 0.1) is 0 Å². The number of likely N-dealkylation sites (N-methyl/N-ethyl adjacent to an activating group) is 1. The van der Waals surface area contributed by atoms with E-state index in [0.29, 0.717) is 18.7 Å². The second-order valence-corrected chi connectivity index (χ2v) is 6.85. The first-order valence-corrected chi connectivity index (χ1v) is 8.81. The molecule has 0 bridgehead atoms. The molecule has 0 aliphatic heterocycles. The lowest BCUT2D eigenvalue weighted by molar-refractivity contribution is 0.0156. The summed E-state index contributed by atoms with van der Waals surface area (Å²) >= 11 is 0. The zero-order valence-corrected chi connectivity index (χ0v) is 14.6.